The summed E-state index contributed by atoms with van der Waals surface area (Å²) >= 11 is 9.98. The Morgan fingerprint density at radius 2 is 1.88 bits per heavy atom. The second-order valence-electron chi connectivity index (χ2n) is 3.33. The van der Waals surface area contributed by atoms with E-state index in [1.807, 2.05) is 42.5 Å². The van der Waals surface area contributed by atoms with Crippen LogP contribution in [0.15, 0.2) is 52.3 Å². The van der Waals surface area contributed by atoms with Crippen molar-refractivity contribution in [2.24, 2.45) is 0 Å². The number of para-hydroxylation sites is 1. The first-order valence-corrected chi connectivity index (χ1v) is 7.24. The molecule has 0 unspecified atom stereocenters. The van der Waals surface area contributed by atoms with Crippen molar-refractivity contribution in [3.8, 4) is 5.75 Å². The number of hydrogen-bond donors (Lipinski definition) is 0. The van der Waals surface area contributed by atoms with Crippen LogP contribution in [0, 0.1) is 3.57 Å². The number of rotatable bonds is 3. The summed E-state index contributed by atoms with van der Waals surface area (Å²) in [5, 5.41) is 0.753. The quantitative estimate of drug-likeness (QED) is 0.689. The van der Waals surface area contributed by atoms with Gasteiger partial charge in [-0.3, -0.25) is 0 Å². The van der Waals surface area contributed by atoms with Gasteiger partial charge in [-0.05, 0) is 52.9 Å². The molecule has 0 atom stereocenters. The van der Waals surface area contributed by atoms with Crippen molar-refractivity contribution < 1.29 is 4.74 Å². The van der Waals surface area contributed by atoms with E-state index in [9.17, 15) is 0 Å². The Kier molecular flexibility index (Phi) is 4.59. The van der Waals surface area contributed by atoms with Crippen molar-refractivity contribution in [3.63, 3.8) is 0 Å². The van der Waals surface area contributed by atoms with E-state index in [0.29, 0.717) is 0 Å². The highest BCUT2D eigenvalue weighted by Crippen LogP contribution is 2.37. The first-order valence-electron chi connectivity index (χ1n) is 4.96. The van der Waals surface area contributed by atoms with Crippen LogP contribution in [0.4, 0.5) is 0 Å². The molecule has 0 fully saturated rings. The predicted molar refractivity (Wildman–Crippen MR) is 81.3 cm³/mol. The van der Waals surface area contributed by atoms with E-state index >= 15 is 0 Å². The van der Waals surface area contributed by atoms with Gasteiger partial charge in [0.1, 0.15) is 5.75 Å². The maximum Gasteiger partial charge on any atom is 0.132 e. The SMILES string of the molecule is COc1ccccc1Sc1cc(Cl)ccc1I. The van der Waals surface area contributed by atoms with Crippen LogP contribution < -0.4 is 4.74 Å². The van der Waals surface area contributed by atoms with Crippen molar-refractivity contribution in [2.75, 3.05) is 7.11 Å². The molecule has 0 amide bonds. The molecule has 2 aromatic carbocycles. The third kappa shape index (κ3) is 3.30. The molecule has 0 aliphatic carbocycles. The molecule has 17 heavy (non-hydrogen) atoms. The molecular weight excluding hydrogens is 367 g/mol. The zero-order valence-electron chi connectivity index (χ0n) is 9.11. The minimum absolute atomic E-state index is 0.753. The average Bonchev–Trinajstić information content (AvgIpc) is 2.34. The highest BCUT2D eigenvalue weighted by atomic mass is 127. The van der Waals surface area contributed by atoms with Crippen molar-refractivity contribution in [2.45, 2.75) is 9.79 Å². The summed E-state index contributed by atoms with van der Waals surface area (Å²) in [6.45, 7) is 0. The summed E-state index contributed by atoms with van der Waals surface area (Å²) in [4.78, 5) is 2.23. The largest absolute Gasteiger partial charge is 0.496 e. The average molecular weight is 377 g/mol. The second-order valence-corrected chi connectivity index (χ2v) is 6.01. The topological polar surface area (TPSA) is 9.23 Å². The van der Waals surface area contributed by atoms with Gasteiger partial charge in [-0.15, -0.1) is 0 Å². The standard InChI is InChI=1S/C13H10ClIOS/c1-16-11-4-2-3-5-12(11)17-13-8-9(14)6-7-10(13)15/h2-8H,1H3. The fraction of sp³-hybridized carbons (Fsp3) is 0.0769. The second kappa shape index (κ2) is 5.98. The number of hydrogen-bond acceptors (Lipinski definition) is 2. The van der Waals surface area contributed by atoms with Crippen molar-refractivity contribution in [3.05, 3.63) is 51.1 Å². The summed E-state index contributed by atoms with van der Waals surface area (Å²) in [6, 6.07) is 13.9. The molecule has 4 heteroatoms. The lowest BCUT2D eigenvalue weighted by molar-refractivity contribution is 0.405. The molecule has 0 saturated heterocycles. The van der Waals surface area contributed by atoms with Crippen molar-refractivity contribution in [1.82, 2.24) is 0 Å². The van der Waals surface area contributed by atoms with Crippen LogP contribution in [0.1, 0.15) is 0 Å². The third-order valence-corrected chi connectivity index (χ3v) is 4.84. The molecule has 0 N–H and O–H groups in total. The van der Waals surface area contributed by atoms with Gasteiger partial charge in [-0.2, -0.15) is 0 Å². The summed E-state index contributed by atoms with van der Waals surface area (Å²) in [5.74, 6) is 0.883. The highest BCUT2D eigenvalue weighted by Gasteiger charge is 2.07. The van der Waals surface area contributed by atoms with Gasteiger partial charge < -0.3 is 4.74 Å². The molecule has 2 aromatic rings. The summed E-state index contributed by atoms with van der Waals surface area (Å²) in [5.41, 5.74) is 0. The Morgan fingerprint density at radius 1 is 1.12 bits per heavy atom. The minimum atomic E-state index is 0.753. The minimum Gasteiger partial charge on any atom is -0.496 e. The molecule has 0 aliphatic heterocycles. The molecule has 0 bridgehead atoms. The molecule has 0 aromatic heterocycles. The fourth-order valence-corrected chi connectivity index (χ4v) is 3.27. The van der Waals surface area contributed by atoms with Gasteiger partial charge in [-0.1, -0.05) is 35.5 Å². The van der Waals surface area contributed by atoms with Gasteiger partial charge in [0.25, 0.3) is 0 Å². The molecule has 0 saturated carbocycles. The summed E-state index contributed by atoms with van der Waals surface area (Å²) in [6.07, 6.45) is 0. The molecule has 2 rings (SSSR count). The van der Waals surface area contributed by atoms with Crippen molar-refractivity contribution in [1.29, 1.82) is 0 Å². The maximum atomic E-state index is 6.01. The molecule has 0 spiro atoms. The van der Waals surface area contributed by atoms with Gasteiger partial charge in [0.15, 0.2) is 0 Å². The first-order chi connectivity index (χ1) is 8.20. The number of ether oxygens (including phenoxy) is 1. The number of halogens is 2. The van der Waals surface area contributed by atoms with E-state index in [-0.39, 0.29) is 0 Å². The van der Waals surface area contributed by atoms with Crippen molar-refractivity contribution >= 4 is 46.0 Å². The van der Waals surface area contributed by atoms with E-state index in [2.05, 4.69) is 22.6 Å². The molecule has 0 heterocycles. The zero-order chi connectivity index (χ0) is 12.3. The lowest BCUT2D eigenvalue weighted by atomic mass is 10.3. The van der Waals surface area contributed by atoms with Gasteiger partial charge >= 0.3 is 0 Å². The third-order valence-electron chi connectivity index (χ3n) is 2.18. The lowest BCUT2D eigenvalue weighted by Gasteiger charge is -2.09. The molecule has 0 radical (unpaired) electrons. The summed E-state index contributed by atoms with van der Waals surface area (Å²) in [7, 11) is 1.68. The Hall–Kier alpha value is -0.390. The van der Waals surface area contributed by atoms with Gasteiger partial charge in [-0.25, -0.2) is 0 Å². The van der Waals surface area contributed by atoms with E-state index < -0.39 is 0 Å². The van der Waals surface area contributed by atoms with Crippen LogP contribution >= 0.6 is 46.0 Å². The number of methoxy groups -OCH3 is 1. The van der Waals surface area contributed by atoms with Crippen LogP contribution in [0.5, 0.6) is 5.75 Å². The lowest BCUT2D eigenvalue weighted by Crippen LogP contribution is -1.86. The highest BCUT2D eigenvalue weighted by molar-refractivity contribution is 14.1. The maximum absolute atomic E-state index is 6.01. The van der Waals surface area contributed by atoms with Crippen LogP contribution in [-0.2, 0) is 0 Å². The van der Waals surface area contributed by atoms with E-state index in [4.69, 9.17) is 16.3 Å². The van der Waals surface area contributed by atoms with Gasteiger partial charge in [0.2, 0.25) is 0 Å². The zero-order valence-corrected chi connectivity index (χ0v) is 12.8. The van der Waals surface area contributed by atoms with E-state index in [1.54, 1.807) is 18.9 Å². The normalized spacial score (nSPS) is 10.3. The molecule has 1 nitrogen and oxygen atoms in total. The Morgan fingerprint density at radius 3 is 2.65 bits per heavy atom. The van der Waals surface area contributed by atoms with Gasteiger partial charge in [0.05, 0.1) is 12.0 Å². The Labute approximate surface area is 124 Å². The van der Waals surface area contributed by atoms with Crippen LogP contribution in [0.2, 0.25) is 5.02 Å². The smallest absolute Gasteiger partial charge is 0.132 e. The van der Waals surface area contributed by atoms with Crippen LogP contribution in [-0.4, -0.2) is 7.11 Å². The van der Waals surface area contributed by atoms with E-state index in [1.165, 1.54) is 3.57 Å². The molecule has 0 aliphatic rings. The monoisotopic (exact) mass is 376 g/mol. The Bertz CT molecular complexity index is 531. The predicted octanol–water partition coefficient (Wildman–Crippen LogP) is 5.10. The first kappa shape index (κ1) is 13.1. The Balaban J connectivity index is 2.34. The van der Waals surface area contributed by atoms with Crippen LogP contribution in [0.25, 0.3) is 0 Å². The van der Waals surface area contributed by atoms with Gasteiger partial charge in [0, 0.05) is 13.5 Å². The molecular formula is C13H10ClIOS. The molecule has 88 valence electrons. The summed E-state index contributed by atoms with van der Waals surface area (Å²) < 4.78 is 6.51. The number of benzene rings is 2. The van der Waals surface area contributed by atoms with Crippen LogP contribution in [0.3, 0.4) is 0 Å². The van der Waals surface area contributed by atoms with E-state index in [0.717, 1.165) is 20.6 Å². The fourth-order valence-electron chi connectivity index (χ4n) is 1.38.